The summed E-state index contributed by atoms with van der Waals surface area (Å²) >= 11 is 0. The molecule has 0 fully saturated rings. The Morgan fingerprint density at radius 3 is 2.43 bits per heavy atom. The van der Waals surface area contributed by atoms with Gasteiger partial charge in [-0.1, -0.05) is 5.16 Å². The zero-order valence-electron chi connectivity index (χ0n) is 15.1. The number of halogens is 2. The van der Waals surface area contributed by atoms with E-state index in [0.29, 0.717) is 53.0 Å². The topological polar surface area (TPSA) is 86.1 Å². The van der Waals surface area contributed by atoms with Gasteiger partial charge in [-0.2, -0.15) is 4.98 Å². The number of ether oxygens (including phenoxy) is 2. The van der Waals surface area contributed by atoms with Crippen molar-refractivity contribution in [3.63, 3.8) is 0 Å². The number of nitrogens with one attached hydrogen (secondary N) is 1. The summed E-state index contributed by atoms with van der Waals surface area (Å²) in [5.41, 5.74) is 1.08. The van der Waals surface area contributed by atoms with Gasteiger partial charge < -0.3 is 19.0 Å². The Hall–Kier alpha value is -3.49. The summed E-state index contributed by atoms with van der Waals surface area (Å²) in [4.78, 5) is 11.4. The highest BCUT2D eigenvalue weighted by atomic mass is 19.1. The minimum absolute atomic E-state index is 0.105. The maximum Gasteiger partial charge on any atom is 0.258 e. The smallest absolute Gasteiger partial charge is 0.258 e. The number of benzene rings is 2. The minimum Gasteiger partial charge on any atom is -0.497 e. The van der Waals surface area contributed by atoms with Crippen LogP contribution in [0.1, 0.15) is 11.6 Å². The average molecular weight is 386 g/mol. The quantitative estimate of drug-likeness (QED) is 0.544. The van der Waals surface area contributed by atoms with Crippen molar-refractivity contribution in [3.05, 3.63) is 53.6 Å². The second-order valence-corrected chi connectivity index (χ2v) is 6.08. The second-order valence-electron chi connectivity index (χ2n) is 6.08. The van der Waals surface area contributed by atoms with Gasteiger partial charge in [-0.05, 0) is 18.2 Å². The van der Waals surface area contributed by atoms with Gasteiger partial charge in [0.1, 0.15) is 28.7 Å². The van der Waals surface area contributed by atoms with E-state index in [1.807, 2.05) is 0 Å². The number of aromatic nitrogens is 4. The van der Waals surface area contributed by atoms with Crippen LogP contribution in [0.25, 0.3) is 22.5 Å². The standard InChI is InChI=1S/C19H16F2N4O3/c1-26-12-5-10(6-13(9-12)27-2)19-24-17(25-28-19)4-3-16-22-15-8-11(20)7-14(21)18(15)23-16/h5-9H,3-4H2,1-2H3,(H,22,23). The van der Waals surface area contributed by atoms with E-state index >= 15 is 0 Å². The van der Waals surface area contributed by atoms with Crippen molar-refractivity contribution in [3.8, 4) is 23.0 Å². The molecule has 1 N–H and O–H groups in total. The molecular formula is C19H16F2N4O3. The van der Waals surface area contributed by atoms with E-state index in [4.69, 9.17) is 14.0 Å². The van der Waals surface area contributed by atoms with Crippen molar-refractivity contribution in [1.29, 1.82) is 0 Å². The molecular weight excluding hydrogens is 370 g/mol. The van der Waals surface area contributed by atoms with E-state index in [9.17, 15) is 8.78 Å². The third-order valence-electron chi connectivity index (χ3n) is 4.21. The molecule has 2 aromatic carbocycles. The lowest BCUT2D eigenvalue weighted by molar-refractivity contribution is 0.393. The van der Waals surface area contributed by atoms with Crippen LogP contribution in [0.4, 0.5) is 8.78 Å². The Labute approximate surface area is 158 Å². The first kappa shape index (κ1) is 17.9. The molecule has 0 amide bonds. The SMILES string of the molecule is COc1cc(OC)cc(-c2nc(CCc3nc4c(F)cc(F)cc4[nH]3)no2)c1. The molecule has 0 spiro atoms. The van der Waals surface area contributed by atoms with Crippen LogP contribution in [-0.4, -0.2) is 34.3 Å². The predicted octanol–water partition coefficient (Wildman–Crippen LogP) is 3.69. The predicted molar refractivity (Wildman–Crippen MR) is 96.3 cm³/mol. The van der Waals surface area contributed by atoms with E-state index in [0.717, 1.165) is 6.07 Å². The summed E-state index contributed by atoms with van der Waals surface area (Å²) in [6.07, 6.45) is 0.824. The molecule has 7 nitrogen and oxygen atoms in total. The van der Waals surface area contributed by atoms with E-state index < -0.39 is 11.6 Å². The molecule has 0 unspecified atom stereocenters. The molecule has 0 bridgehead atoms. The summed E-state index contributed by atoms with van der Waals surface area (Å²) in [7, 11) is 3.11. The maximum absolute atomic E-state index is 13.8. The number of imidazole rings is 1. The van der Waals surface area contributed by atoms with Gasteiger partial charge in [0.2, 0.25) is 0 Å². The molecule has 0 saturated heterocycles. The van der Waals surface area contributed by atoms with Gasteiger partial charge in [-0.25, -0.2) is 13.8 Å². The van der Waals surface area contributed by atoms with Crippen molar-refractivity contribution in [2.45, 2.75) is 12.8 Å². The van der Waals surface area contributed by atoms with Crippen LogP contribution < -0.4 is 9.47 Å². The second kappa shape index (κ2) is 7.26. The first-order valence-electron chi connectivity index (χ1n) is 8.45. The third-order valence-corrected chi connectivity index (χ3v) is 4.21. The molecule has 0 radical (unpaired) electrons. The number of aryl methyl sites for hydroxylation is 2. The highest BCUT2D eigenvalue weighted by Gasteiger charge is 2.14. The molecule has 4 rings (SSSR count). The fourth-order valence-corrected chi connectivity index (χ4v) is 2.85. The summed E-state index contributed by atoms with van der Waals surface area (Å²) in [5, 5.41) is 3.96. The number of hydrogen-bond acceptors (Lipinski definition) is 6. The van der Waals surface area contributed by atoms with Crippen LogP contribution in [0.5, 0.6) is 11.5 Å². The van der Waals surface area contributed by atoms with E-state index in [1.54, 1.807) is 32.4 Å². The molecule has 0 aliphatic heterocycles. The molecule has 144 valence electrons. The number of fused-ring (bicyclic) bond motifs is 1. The maximum atomic E-state index is 13.8. The van der Waals surface area contributed by atoms with Gasteiger partial charge in [0.25, 0.3) is 5.89 Å². The summed E-state index contributed by atoms with van der Waals surface area (Å²) in [6.45, 7) is 0. The van der Waals surface area contributed by atoms with Crippen molar-refractivity contribution >= 4 is 11.0 Å². The molecule has 2 aromatic heterocycles. The van der Waals surface area contributed by atoms with Crippen LogP contribution in [0.2, 0.25) is 0 Å². The van der Waals surface area contributed by atoms with Gasteiger partial charge in [-0.15, -0.1) is 0 Å². The van der Waals surface area contributed by atoms with Crippen molar-refractivity contribution in [2.24, 2.45) is 0 Å². The molecule has 2 heterocycles. The van der Waals surface area contributed by atoms with Crippen molar-refractivity contribution in [2.75, 3.05) is 14.2 Å². The molecule has 0 saturated carbocycles. The Bertz CT molecular complexity index is 1120. The number of aromatic amines is 1. The number of rotatable bonds is 6. The molecule has 0 aliphatic carbocycles. The molecule has 0 aliphatic rings. The van der Waals surface area contributed by atoms with Gasteiger partial charge >= 0.3 is 0 Å². The molecule has 9 heteroatoms. The normalized spacial score (nSPS) is 11.1. The third kappa shape index (κ3) is 3.51. The molecule has 0 atom stereocenters. The number of hydrogen-bond donors (Lipinski definition) is 1. The van der Waals surface area contributed by atoms with Crippen LogP contribution in [-0.2, 0) is 12.8 Å². The fourth-order valence-electron chi connectivity index (χ4n) is 2.85. The Morgan fingerprint density at radius 2 is 1.71 bits per heavy atom. The molecule has 4 aromatic rings. The van der Waals surface area contributed by atoms with E-state index in [-0.39, 0.29) is 5.52 Å². The van der Waals surface area contributed by atoms with Crippen LogP contribution in [0.15, 0.2) is 34.9 Å². The van der Waals surface area contributed by atoms with Crippen molar-refractivity contribution in [1.82, 2.24) is 20.1 Å². The first-order valence-corrected chi connectivity index (χ1v) is 8.45. The lowest BCUT2D eigenvalue weighted by Crippen LogP contribution is -1.95. The van der Waals surface area contributed by atoms with E-state index in [2.05, 4.69) is 20.1 Å². The van der Waals surface area contributed by atoms with Crippen LogP contribution in [0.3, 0.4) is 0 Å². The summed E-state index contributed by atoms with van der Waals surface area (Å²) < 4.78 is 42.8. The zero-order valence-corrected chi connectivity index (χ0v) is 15.1. The van der Waals surface area contributed by atoms with Gasteiger partial charge in [0, 0.05) is 30.5 Å². The lowest BCUT2D eigenvalue weighted by atomic mass is 10.2. The Morgan fingerprint density at radius 1 is 0.964 bits per heavy atom. The van der Waals surface area contributed by atoms with Gasteiger partial charge in [0.15, 0.2) is 11.6 Å². The van der Waals surface area contributed by atoms with Gasteiger partial charge in [0.05, 0.1) is 19.7 Å². The fraction of sp³-hybridized carbons (Fsp3) is 0.211. The Balaban J connectivity index is 1.52. The minimum atomic E-state index is -0.702. The highest BCUT2D eigenvalue weighted by Crippen LogP contribution is 2.29. The number of H-pyrrole nitrogens is 1. The van der Waals surface area contributed by atoms with Crippen molar-refractivity contribution < 1.29 is 22.8 Å². The lowest BCUT2D eigenvalue weighted by Gasteiger charge is -2.05. The summed E-state index contributed by atoms with van der Waals surface area (Å²) in [6, 6.07) is 7.27. The highest BCUT2D eigenvalue weighted by molar-refractivity contribution is 5.75. The Kier molecular flexibility index (Phi) is 4.64. The van der Waals surface area contributed by atoms with Crippen LogP contribution in [0, 0.1) is 11.6 Å². The van der Waals surface area contributed by atoms with E-state index in [1.165, 1.54) is 6.07 Å². The van der Waals surface area contributed by atoms with Gasteiger partial charge in [-0.3, -0.25) is 0 Å². The number of nitrogens with zero attached hydrogens (tertiary/aromatic N) is 3. The summed E-state index contributed by atoms with van der Waals surface area (Å²) in [5.74, 6) is 1.14. The first-order chi connectivity index (χ1) is 13.6. The van der Waals surface area contributed by atoms with Crippen LogP contribution >= 0.6 is 0 Å². The zero-order chi connectivity index (χ0) is 19.7. The average Bonchev–Trinajstić information content (AvgIpc) is 3.32. The monoisotopic (exact) mass is 386 g/mol. The largest absolute Gasteiger partial charge is 0.497 e. The molecule has 28 heavy (non-hydrogen) atoms. The number of methoxy groups -OCH3 is 2.